The predicted molar refractivity (Wildman–Crippen MR) is 196 cm³/mol. The van der Waals surface area contributed by atoms with Crippen LogP contribution in [0.1, 0.15) is 63.6 Å². The van der Waals surface area contributed by atoms with Crippen molar-refractivity contribution in [3.8, 4) is 23.0 Å². The van der Waals surface area contributed by atoms with Crippen LogP contribution in [0, 0.1) is 17.3 Å². The van der Waals surface area contributed by atoms with Gasteiger partial charge in [-0.2, -0.15) is 0 Å². The van der Waals surface area contributed by atoms with E-state index in [1.54, 1.807) is 6.08 Å². The summed E-state index contributed by atoms with van der Waals surface area (Å²) in [4.78, 5) is 12.4. The molecule has 8 nitrogen and oxygen atoms in total. The maximum absolute atomic E-state index is 12.4. The molecule has 0 radical (unpaired) electrons. The largest absolute Gasteiger partial charge is 0.461 e. The number of fused-ring (bicyclic) bond motifs is 1. The zero-order chi connectivity index (χ0) is 35.8. The lowest BCUT2D eigenvalue weighted by molar-refractivity contribution is -0.147. The van der Waals surface area contributed by atoms with Crippen molar-refractivity contribution in [3.63, 3.8) is 0 Å². The van der Waals surface area contributed by atoms with Crippen LogP contribution >= 0.6 is 23.2 Å². The van der Waals surface area contributed by atoms with Gasteiger partial charge >= 0.3 is 5.97 Å². The minimum Gasteiger partial charge on any atom is -0.461 e. The van der Waals surface area contributed by atoms with Gasteiger partial charge in [-0.05, 0) is 83.3 Å². The highest BCUT2D eigenvalue weighted by atomic mass is 35.5. The fraction of sp³-hybridized carbons (Fsp3) is 0.475. The molecule has 0 aromatic heterocycles. The van der Waals surface area contributed by atoms with Gasteiger partial charge in [-0.3, -0.25) is 4.79 Å². The molecule has 272 valence electrons. The Kier molecular flexibility index (Phi) is 16.2. The SMILES string of the molecule is CC1(C)C(C=C(Cl)Cl)C1C(=O)OCc1cccc(Oc2ccccc2)c1.CCCCOCCOCCOCc1cc2c(cc1CCC)OCO2. The highest BCUT2D eigenvalue weighted by molar-refractivity contribution is 6.55. The standard InChI is InChI=1S/C21H20Cl2O3.C19H30O5/c1-21(2)17(12-18(22)23)19(21)20(24)25-13-14-7-6-10-16(11-14)26-15-8-4-3-5-9-15;1-3-5-7-20-8-9-21-10-11-22-14-17-13-19-18(23-15-24-19)12-16(17)6-4-2/h3-12,17,19H,13H2,1-2H3;12-13H,3-11,14-15H2,1-2H3. The number of unbranched alkanes of at least 4 members (excludes halogenated alkanes) is 1. The van der Waals surface area contributed by atoms with Crippen molar-refractivity contribution in [3.05, 3.63) is 94.0 Å². The molecular weight excluding hydrogens is 679 g/mol. The molecule has 0 N–H and O–H groups in total. The number of aryl methyl sites for hydroxylation is 1. The third-order valence-corrected chi connectivity index (χ3v) is 8.84. The number of allylic oxidation sites excluding steroid dienone is 1. The summed E-state index contributed by atoms with van der Waals surface area (Å²) < 4.78 is 39.1. The van der Waals surface area contributed by atoms with Gasteiger partial charge in [-0.15, -0.1) is 0 Å². The maximum Gasteiger partial charge on any atom is 0.310 e. The Hall–Kier alpha value is -3.27. The van der Waals surface area contributed by atoms with Crippen molar-refractivity contribution in [1.29, 1.82) is 0 Å². The van der Waals surface area contributed by atoms with Gasteiger partial charge in [-0.25, -0.2) is 0 Å². The van der Waals surface area contributed by atoms with E-state index in [2.05, 4.69) is 19.9 Å². The quantitative estimate of drug-likeness (QED) is 0.0892. The molecule has 2 atom stereocenters. The smallest absolute Gasteiger partial charge is 0.310 e. The molecule has 1 saturated carbocycles. The van der Waals surface area contributed by atoms with Crippen LogP contribution in [0.15, 0.2) is 77.3 Å². The summed E-state index contributed by atoms with van der Waals surface area (Å²) in [5.41, 5.74) is 3.12. The summed E-state index contributed by atoms with van der Waals surface area (Å²) in [6, 6.07) is 21.2. The number of halogens is 2. The van der Waals surface area contributed by atoms with E-state index in [1.807, 2.05) is 74.5 Å². The number of hydrogen-bond donors (Lipinski definition) is 0. The van der Waals surface area contributed by atoms with Crippen molar-refractivity contribution >= 4 is 29.2 Å². The van der Waals surface area contributed by atoms with Crippen LogP contribution < -0.4 is 14.2 Å². The van der Waals surface area contributed by atoms with Gasteiger partial charge in [0.05, 0.1) is 39.0 Å². The first-order valence-electron chi connectivity index (χ1n) is 17.4. The van der Waals surface area contributed by atoms with Gasteiger partial charge in [0, 0.05) is 6.61 Å². The second kappa shape index (κ2) is 20.5. The van der Waals surface area contributed by atoms with E-state index >= 15 is 0 Å². The van der Waals surface area contributed by atoms with Gasteiger partial charge in [0.1, 0.15) is 22.6 Å². The predicted octanol–water partition coefficient (Wildman–Crippen LogP) is 9.83. The Morgan fingerprint density at radius 1 is 0.800 bits per heavy atom. The third kappa shape index (κ3) is 12.5. The van der Waals surface area contributed by atoms with Crippen LogP contribution in [0.5, 0.6) is 23.0 Å². The zero-order valence-electron chi connectivity index (χ0n) is 29.6. The van der Waals surface area contributed by atoms with Crippen molar-refractivity contribution < 1.29 is 38.0 Å². The van der Waals surface area contributed by atoms with Crippen LogP contribution in [-0.2, 0) is 43.4 Å². The molecule has 5 rings (SSSR count). The molecular formula is C40H50Cl2O8. The third-order valence-electron chi connectivity index (χ3n) is 8.59. The number of carbonyl (C=O) groups is 1. The Bertz CT molecular complexity index is 1510. The van der Waals surface area contributed by atoms with E-state index in [9.17, 15) is 4.79 Å². The first-order chi connectivity index (χ1) is 24.2. The van der Waals surface area contributed by atoms with Gasteiger partial charge < -0.3 is 33.2 Å². The molecule has 0 spiro atoms. The molecule has 0 amide bonds. The molecule has 0 bridgehead atoms. The summed E-state index contributed by atoms with van der Waals surface area (Å²) in [5, 5.41) is 0. The van der Waals surface area contributed by atoms with Crippen molar-refractivity contribution in [1.82, 2.24) is 0 Å². The average Bonchev–Trinajstić information content (AvgIpc) is 3.37. The highest BCUT2D eigenvalue weighted by Gasteiger charge is 2.61. The molecule has 3 aromatic carbocycles. The molecule has 0 saturated heterocycles. The molecule has 3 aromatic rings. The summed E-state index contributed by atoms with van der Waals surface area (Å²) in [7, 11) is 0. The second-order valence-corrected chi connectivity index (χ2v) is 13.8. The summed E-state index contributed by atoms with van der Waals surface area (Å²) in [5.74, 6) is 2.66. The van der Waals surface area contributed by atoms with E-state index in [0.29, 0.717) is 45.6 Å². The minimum atomic E-state index is -0.236. The fourth-order valence-electron chi connectivity index (χ4n) is 5.67. The molecule has 2 unspecified atom stereocenters. The number of hydrogen-bond acceptors (Lipinski definition) is 8. The number of benzene rings is 3. The fourth-order valence-corrected chi connectivity index (χ4v) is 5.94. The molecule has 1 aliphatic carbocycles. The van der Waals surface area contributed by atoms with Crippen LogP contribution in [0.3, 0.4) is 0 Å². The second-order valence-electron chi connectivity index (χ2n) is 12.8. The van der Waals surface area contributed by atoms with Crippen LogP contribution in [0.4, 0.5) is 0 Å². The number of para-hydroxylation sites is 1. The molecule has 1 heterocycles. The van der Waals surface area contributed by atoms with E-state index in [1.165, 1.54) is 11.1 Å². The Morgan fingerprint density at radius 3 is 2.14 bits per heavy atom. The first-order valence-corrected chi connectivity index (χ1v) is 18.1. The number of esters is 1. The van der Waals surface area contributed by atoms with Crippen molar-refractivity contribution in [2.24, 2.45) is 17.3 Å². The van der Waals surface area contributed by atoms with E-state index in [0.717, 1.165) is 55.1 Å². The first kappa shape index (κ1) is 39.5. The average molecular weight is 730 g/mol. The topological polar surface area (TPSA) is 81.7 Å². The lowest BCUT2D eigenvalue weighted by Gasteiger charge is -2.11. The molecule has 50 heavy (non-hydrogen) atoms. The Balaban J connectivity index is 0.000000226. The van der Waals surface area contributed by atoms with Crippen molar-refractivity contribution in [2.45, 2.75) is 66.6 Å². The number of carbonyl (C=O) groups excluding carboxylic acids is 1. The summed E-state index contributed by atoms with van der Waals surface area (Å²) in [6.07, 6.45) is 6.09. The molecule has 1 fully saturated rings. The number of ether oxygens (including phenoxy) is 7. The van der Waals surface area contributed by atoms with Gasteiger partial charge in [0.15, 0.2) is 11.5 Å². The molecule has 1 aliphatic heterocycles. The van der Waals surface area contributed by atoms with Gasteiger partial charge in [-0.1, -0.05) is 94.1 Å². The van der Waals surface area contributed by atoms with Crippen LogP contribution in [0.2, 0.25) is 0 Å². The van der Waals surface area contributed by atoms with Gasteiger partial charge in [0.25, 0.3) is 0 Å². The molecule has 10 heteroatoms. The van der Waals surface area contributed by atoms with E-state index in [-0.39, 0.29) is 34.3 Å². The van der Waals surface area contributed by atoms with Crippen LogP contribution in [0.25, 0.3) is 0 Å². The van der Waals surface area contributed by atoms with E-state index in [4.69, 9.17) is 56.4 Å². The van der Waals surface area contributed by atoms with Crippen LogP contribution in [-0.4, -0.2) is 45.8 Å². The lowest BCUT2D eigenvalue weighted by Crippen LogP contribution is -2.10. The van der Waals surface area contributed by atoms with Crippen molar-refractivity contribution in [2.75, 3.05) is 39.8 Å². The van der Waals surface area contributed by atoms with Gasteiger partial charge in [0.2, 0.25) is 6.79 Å². The zero-order valence-corrected chi connectivity index (χ0v) is 31.1. The normalized spacial score (nSPS) is 16.6. The van der Waals surface area contributed by atoms with E-state index < -0.39 is 0 Å². The Morgan fingerprint density at radius 2 is 1.46 bits per heavy atom. The monoisotopic (exact) mass is 728 g/mol. The highest BCUT2D eigenvalue weighted by Crippen LogP contribution is 2.60. The summed E-state index contributed by atoms with van der Waals surface area (Å²) >= 11 is 11.5. The summed E-state index contributed by atoms with van der Waals surface area (Å²) in [6.45, 7) is 12.7. The lowest BCUT2D eigenvalue weighted by atomic mass is 10.0. The number of rotatable bonds is 19. The minimum absolute atomic E-state index is 0.00717. The maximum atomic E-state index is 12.4. The molecule has 2 aliphatic rings. The Labute approximate surface area is 306 Å².